The molecule has 2 aromatic heterocycles. The van der Waals surface area contributed by atoms with E-state index in [0.29, 0.717) is 18.1 Å². The first-order valence-corrected chi connectivity index (χ1v) is 8.75. The number of carbonyl (C=O) groups is 1. The molecule has 0 atom stereocenters. The van der Waals surface area contributed by atoms with Crippen molar-refractivity contribution < 1.29 is 4.79 Å². The molecule has 3 rings (SSSR count). The predicted octanol–water partition coefficient (Wildman–Crippen LogP) is 4.46. The zero-order valence-electron chi connectivity index (χ0n) is 12.8. The van der Waals surface area contributed by atoms with Crippen LogP contribution in [0.4, 0.5) is 4.79 Å². The van der Waals surface area contributed by atoms with Gasteiger partial charge in [-0.05, 0) is 51.7 Å². The minimum absolute atomic E-state index is 0.217. The van der Waals surface area contributed by atoms with Crippen molar-refractivity contribution in [2.75, 3.05) is 0 Å². The van der Waals surface area contributed by atoms with Gasteiger partial charge >= 0.3 is 6.03 Å². The molecule has 2 N–H and O–H groups in total. The quantitative estimate of drug-likeness (QED) is 0.708. The van der Waals surface area contributed by atoms with Crippen molar-refractivity contribution in [3.63, 3.8) is 0 Å². The number of hydrogen-bond donors (Lipinski definition) is 2. The predicted molar refractivity (Wildman–Crippen MR) is 98.1 cm³/mol. The second kappa shape index (κ2) is 7.95. The minimum Gasteiger partial charge on any atom is -0.334 e. The molecule has 0 fully saturated rings. The van der Waals surface area contributed by atoms with Crippen molar-refractivity contribution >= 4 is 29.0 Å². The fourth-order valence-electron chi connectivity index (χ4n) is 2.20. The zero-order chi connectivity index (χ0) is 16.8. The first-order valence-electron chi connectivity index (χ1n) is 7.43. The molecule has 0 unspecified atom stereocenters. The van der Waals surface area contributed by atoms with Crippen LogP contribution in [0, 0.1) is 0 Å². The largest absolute Gasteiger partial charge is 0.334 e. The lowest BCUT2D eigenvalue weighted by molar-refractivity contribution is 0.240. The van der Waals surface area contributed by atoms with Crippen LogP contribution in [0.2, 0.25) is 5.02 Å². The van der Waals surface area contributed by atoms with Gasteiger partial charge in [0.25, 0.3) is 0 Å². The summed E-state index contributed by atoms with van der Waals surface area (Å²) in [5.41, 5.74) is 4.15. The van der Waals surface area contributed by atoms with Gasteiger partial charge in [-0.3, -0.25) is 4.98 Å². The highest BCUT2D eigenvalue weighted by atomic mass is 35.5. The Morgan fingerprint density at radius 2 is 1.75 bits per heavy atom. The maximum absolute atomic E-state index is 11.9. The van der Waals surface area contributed by atoms with Crippen molar-refractivity contribution in [3.05, 3.63) is 75.7 Å². The molecule has 2 amide bonds. The summed E-state index contributed by atoms with van der Waals surface area (Å²) in [6.07, 6.45) is 3.58. The molecule has 0 radical (unpaired) electrons. The number of pyridine rings is 1. The van der Waals surface area contributed by atoms with Crippen LogP contribution in [0.1, 0.15) is 11.1 Å². The average molecular weight is 358 g/mol. The Hall–Kier alpha value is -2.37. The number of halogens is 1. The van der Waals surface area contributed by atoms with E-state index in [4.69, 9.17) is 11.6 Å². The maximum Gasteiger partial charge on any atom is 0.315 e. The number of nitrogens with zero attached hydrogens (tertiary/aromatic N) is 1. The summed E-state index contributed by atoms with van der Waals surface area (Å²) < 4.78 is 0. The summed E-state index contributed by atoms with van der Waals surface area (Å²) in [4.78, 5) is 16.1. The van der Waals surface area contributed by atoms with Crippen molar-refractivity contribution in [2.24, 2.45) is 0 Å². The van der Waals surface area contributed by atoms with E-state index in [1.165, 1.54) is 0 Å². The topological polar surface area (TPSA) is 54.0 Å². The Bertz CT molecular complexity index is 803. The van der Waals surface area contributed by atoms with E-state index >= 15 is 0 Å². The molecule has 4 nitrogen and oxygen atoms in total. The Balaban J connectivity index is 1.51. The Morgan fingerprint density at radius 1 is 1.00 bits per heavy atom. The third-order valence-corrected chi connectivity index (χ3v) is 4.40. The fraction of sp³-hybridized carbons (Fsp3) is 0.111. The molecular weight excluding hydrogens is 342 g/mol. The molecule has 6 heteroatoms. The van der Waals surface area contributed by atoms with Crippen LogP contribution in [0.5, 0.6) is 0 Å². The van der Waals surface area contributed by atoms with Crippen LogP contribution in [-0.4, -0.2) is 11.0 Å². The lowest BCUT2D eigenvalue weighted by atomic mass is 10.1. The van der Waals surface area contributed by atoms with Gasteiger partial charge in [0.05, 0.1) is 0 Å². The summed E-state index contributed by atoms with van der Waals surface area (Å²) in [7, 11) is 0. The number of nitrogens with one attached hydrogen (secondary N) is 2. The number of carbonyl (C=O) groups excluding carboxylic acids is 1. The number of hydrogen-bond acceptors (Lipinski definition) is 3. The van der Waals surface area contributed by atoms with Gasteiger partial charge in [-0.2, -0.15) is 11.3 Å². The summed E-state index contributed by atoms with van der Waals surface area (Å²) in [6.45, 7) is 0.883. The standard InChI is InChI=1S/C18H16ClN3OS/c19-17-3-1-13(2-4-17)9-21-18(23)22-10-14-7-16(11-20-8-14)15-5-6-24-12-15/h1-8,11-12H,9-10H2,(H2,21,22,23). The summed E-state index contributed by atoms with van der Waals surface area (Å²) >= 11 is 7.48. The van der Waals surface area contributed by atoms with E-state index in [2.05, 4.69) is 27.1 Å². The third-order valence-electron chi connectivity index (χ3n) is 3.47. The smallest absolute Gasteiger partial charge is 0.315 e. The Labute approximate surface area is 149 Å². The lowest BCUT2D eigenvalue weighted by Gasteiger charge is -2.08. The number of thiophene rings is 1. The van der Waals surface area contributed by atoms with Crippen LogP contribution in [0.25, 0.3) is 11.1 Å². The third kappa shape index (κ3) is 4.57. The number of amides is 2. The van der Waals surface area contributed by atoms with Crippen LogP contribution in [-0.2, 0) is 13.1 Å². The van der Waals surface area contributed by atoms with E-state index in [-0.39, 0.29) is 6.03 Å². The van der Waals surface area contributed by atoms with Gasteiger partial charge < -0.3 is 10.6 Å². The molecule has 122 valence electrons. The van der Waals surface area contributed by atoms with E-state index in [9.17, 15) is 4.79 Å². The van der Waals surface area contributed by atoms with Gasteiger partial charge in [0.2, 0.25) is 0 Å². The summed E-state index contributed by atoms with van der Waals surface area (Å²) in [5.74, 6) is 0. The molecule has 0 spiro atoms. The Kier molecular flexibility index (Phi) is 5.46. The molecule has 0 aliphatic heterocycles. The van der Waals surface area contributed by atoms with E-state index in [0.717, 1.165) is 22.3 Å². The first kappa shape index (κ1) is 16.5. The number of aromatic nitrogens is 1. The highest BCUT2D eigenvalue weighted by molar-refractivity contribution is 7.08. The van der Waals surface area contributed by atoms with Gasteiger partial charge in [-0.15, -0.1) is 0 Å². The SMILES string of the molecule is O=C(NCc1ccc(Cl)cc1)NCc1cncc(-c2ccsc2)c1. The van der Waals surface area contributed by atoms with Crippen molar-refractivity contribution in [1.29, 1.82) is 0 Å². The van der Waals surface area contributed by atoms with Crippen LogP contribution < -0.4 is 10.6 Å². The number of rotatable bonds is 5. The molecule has 0 aliphatic rings. The molecular formula is C18H16ClN3OS. The monoisotopic (exact) mass is 357 g/mol. The van der Waals surface area contributed by atoms with Crippen molar-refractivity contribution in [1.82, 2.24) is 15.6 Å². The van der Waals surface area contributed by atoms with Gasteiger partial charge in [-0.25, -0.2) is 4.79 Å². The molecule has 0 bridgehead atoms. The first-order chi connectivity index (χ1) is 11.7. The number of urea groups is 1. The highest BCUT2D eigenvalue weighted by Gasteiger charge is 2.04. The number of benzene rings is 1. The average Bonchev–Trinajstić information content (AvgIpc) is 3.14. The van der Waals surface area contributed by atoms with E-state index < -0.39 is 0 Å². The lowest BCUT2D eigenvalue weighted by Crippen LogP contribution is -2.34. The molecule has 3 aromatic rings. The molecule has 0 saturated heterocycles. The van der Waals surface area contributed by atoms with Gasteiger partial charge in [0.1, 0.15) is 0 Å². The van der Waals surface area contributed by atoms with Crippen molar-refractivity contribution in [2.45, 2.75) is 13.1 Å². The van der Waals surface area contributed by atoms with Crippen LogP contribution in [0.15, 0.2) is 59.6 Å². The molecule has 0 aliphatic carbocycles. The molecule has 2 heterocycles. The van der Waals surface area contributed by atoms with Crippen LogP contribution >= 0.6 is 22.9 Å². The summed E-state index contributed by atoms with van der Waals surface area (Å²) in [6, 6.07) is 11.3. The van der Waals surface area contributed by atoms with Crippen LogP contribution in [0.3, 0.4) is 0 Å². The van der Waals surface area contributed by atoms with Crippen molar-refractivity contribution in [3.8, 4) is 11.1 Å². The second-order valence-electron chi connectivity index (χ2n) is 5.26. The highest BCUT2D eigenvalue weighted by Crippen LogP contribution is 2.21. The van der Waals surface area contributed by atoms with E-state index in [1.54, 1.807) is 29.7 Å². The minimum atomic E-state index is -0.217. The summed E-state index contributed by atoms with van der Waals surface area (Å²) in [5, 5.41) is 10.4. The van der Waals surface area contributed by atoms with Gasteiger partial charge in [0.15, 0.2) is 0 Å². The van der Waals surface area contributed by atoms with E-state index in [1.807, 2.05) is 29.8 Å². The normalized spacial score (nSPS) is 10.4. The van der Waals surface area contributed by atoms with Gasteiger partial charge in [0, 0.05) is 36.1 Å². The second-order valence-corrected chi connectivity index (χ2v) is 6.47. The fourth-order valence-corrected chi connectivity index (χ4v) is 2.99. The van der Waals surface area contributed by atoms with Gasteiger partial charge in [-0.1, -0.05) is 23.7 Å². The molecule has 24 heavy (non-hydrogen) atoms. The molecule has 1 aromatic carbocycles. The maximum atomic E-state index is 11.9. The Morgan fingerprint density at radius 3 is 2.46 bits per heavy atom. The zero-order valence-corrected chi connectivity index (χ0v) is 14.4. The molecule has 0 saturated carbocycles.